The molecular formula is C24H30FN5O3. The maximum atomic E-state index is 15.2. The fourth-order valence-electron chi connectivity index (χ4n) is 3.65. The summed E-state index contributed by atoms with van der Waals surface area (Å²) >= 11 is 0. The highest BCUT2D eigenvalue weighted by molar-refractivity contribution is 6.06. The number of anilines is 1. The molecule has 1 amide bonds. The first-order valence-electron chi connectivity index (χ1n) is 11.0. The van der Waals surface area contributed by atoms with Gasteiger partial charge in [-0.3, -0.25) is 14.3 Å². The van der Waals surface area contributed by atoms with Crippen molar-refractivity contribution in [3.05, 3.63) is 64.3 Å². The summed E-state index contributed by atoms with van der Waals surface area (Å²) in [6.07, 6.45) is 3.59. The van der Waals surface area contributed by atoms with Crippen LogP contribution in [0, 0.1) is 11.7 Å². The number of aromatic nitrogens is 4. The third-order valence-corrected chi connectivity index (χ3v) is 5.12. The first kappa shape index (κ1) is 24.2. The van der Waals surface area contributed by atoms with Crippen molar-refractivity contribution in [3.8, 4) is 11.4 Å². The predicted molar refractivity (Wildman–Crippen MR) is 125 cm³/mol. The van der Waals surface area contributed by atoms with E-state index in [1.54, 1.807) is 31.6 Å². The van der Waals surface area contributed by atoms with Gasteiger partial charge in [-0.1, -0.05) is 27.7 Å². The van der Waals surface area contributed by atoms with Gasteiger partial charge in [0.1, 0.15) is 23.1 Å². The second-order valence-corrected chi connectivity index (χ2v) is 8.81. The number of hydrogen-bond acceptors (Lipinski definition) is 5. The molecule has 0 aliphatic carbocycles. The number of nitrogens with zero attached hydrogens (tertiary/aromatic N) is 4. The van der Waals surface area contributed by atoms with E-state index in [9.17, 15) is 9.59 Å². The summed E-state index contributed by atoms with van der Waals surface area (Å²) in [4.78, 5) is 29.7. The van der Waals surface area contributed by atoms with Gasteiger partial charge in [-0.05, 0) is 37.5 Å². The lowest BCUT2D eigenvalue weighted by molar-refractivity contribution is 0.101. The highest BCUT2D eigenvalue weighted by Gasteiger charge is 2.23. The number of nitrogens with one attached hydrogen (secondary N) is 1. The predicted octanol–water partition coefficient (Wildman–Crippen LogP) is 4.29. The van der Waals surface area contributed by atoms with Crippen molar-refractivity contribution >= 4 is 11.6 Å². The minimum Gasteiger partial charge on any atom is -0.490 e. The van der Waals surface area contributed by atoms with Crippen LogP contribution in [0.15, 0.2) is 41.5 Å². The Bertz CT molecular complexity index is 1180. The first-order valence-corrected chi connectivity index (χ1v) is 11.0. The number of rotatable bonds is 8. The van der Waals surface area contributed by atoms with E-state index in [1.807, 2.05) is 20.8 Å². The van der Waals surface area contributed by atoms with E-state index in [1.165, 1.54) is 10.6 Å². The van der Waals surface area contributed by atoms with E-state index in [0.29, 0.717) is 17.4 Å². The minimum absolute atomic E-state index is 0.0248. The minimum atomic E-state index is -0.755. The molecule has 8 nitrogen and oxygen atoms in total. The molecule has 1 N–H and O–H groups in total. The largest absolute Gasteiger partial charge is 0.490 e. The van der Waals surface area contributed by atoms with Crippen molar-refractivity contribution in [1.82, 2.24) is 19.3 Å². The summed E-state index contributed by atoms with van der Waals surface area (Å²) in [5, 5.41) is 7.04. The average molecular weight is 456 g/mol. The maximum Gasteiger partial charge on any atom is 0.350 e. The Balaban J connectivity index is 2.09. The van der Waals surface area contributed by atoms with Gasteiger partial charge in [0.15, 0.2) is 0 Å². The molecule has 0 saturated carbocycles. The van der Waals surface area contributed by atoms with Crippen LogP contribution in [0.4, 0.5) is 10.1 Å². The second-order valence-electron chi connectivity index (χ2n) is 8.81. The molecule has 2 heterocycles. The number of carbonyl (C=O) groups is 1. The third kappa shape index (κ3) is 5.47. The molecule has 0 radical (unpaired) electrons. The maximum absolute atomic E-state index is 15.2. The number of benzene rings is 1. The number of halogens is 1. The molecule has 0 saturated heterocycles. The van der Waals surface area contributed by atoms with Crippen LogP contribution in [0.2, 0.25) is 0 Å². The van der Waals surface area contributed by atoms with Gasteiger partial charge in [0.05, 0.1) is 11.7 Å². The molecule has 3 rings (SSSR count). The molecule has 176 valence electrons. The lowest BCUT2D eigenvalue weighted by atomic mass is 10.1. The lowest BCUT2D eigenvalue weighted by Gasteiger charge is -2.20. The summed E-state index contributed by atoms with van der Waals surface area (Å²) in [7, 11) is 1.59. The fraction of sp³-hybridized carbons (Fsp3) is 0.417. The van der Waals surface area contributed by atoms with E-state index in [0.717, 1.165) is 17.2 Å². The van der Waals surface area contributed by atoms with E-state index >= 15 is 4.39 Å². The van der Waals surface area contributed by atoms with Crippen LogP contribution >= 0.6 is 0 Å². The van der Waals surface area contributed by atoms with Gasteiger partial charge in [-0.2, -0.15) is 4.68 Å². The fourth-order valence-corrected chi connectivity index (χ4v) is 3.65. The zero-order valence-corrected chi connectivity index (χ0v) is 19.8. The third-order valence-electron chi connectivity index (χ3n) is 5.12. The summed E-state index contributed by atoms with van der Waals surface area (Å²) in [6.45, 7) is 9.81. The molecule has 0 aliphatic rings. The monoisotopic (exact) mass is 455 g/mol. The SMILES string of the molecule is CC(C)CC(C)Oc1cc(-n2nc(C(C)C)n(C)c2=O)c(F)cc1C(=O)Nc1ccncc1. The Labute approximate surface area is 192 Å². The molecule has 0 fully saturated rings. The second kappa shape index (κ2) is 9.97. The molecule has 0 bridgehead atoms. The topological polar surface area (TPSA) is 91.0 Å². The molecule has 2 aromatic heterocycles. The highest BCUT2D eigenvalue weighted by Crippen LogP contribution is 2.28. The van der Waals surface area contributed by atoms with Crippen LogP contribution in [-0.2, 0) is 7.05 Å². The molecule has 1 unspecified atom stereocenters. The van der Waals surface area contributed by atoms with Crippen LogP contribution in [0.3, 0.4) is 0 Å². The molecule has 0 aliphatic heterocycles. The Morgan fingerprint density at radius 2 is 1.82 bits per heavy atom. The number of carbonyl (C=O) groups excluding carboxylic acids is 1. The smallest absolute Gasteiger partial charge is 0.350 e. The van der Waals surface area contributed by atoms with Gasteiger partial charge in [0.2, 0.25) is 0 Å². The molecular weight excluding hydrogens is 425 g/mol. The highest BCUT2D eigenvalue weighted by atomic mass is 19.1. The Kier molecular flexibility index (Phi) is 7.30. The van der Waals surface area contributed by atoms with Gasteiger partial charge in [-0.15, -0.1) is 5.10 Å². The molecule has 9 heteroatoms. The van der Waals surface area contributed by atoms with Crippen LogP contribution in [0.1, 0.15) is 63.1 Å². The van der Waals surface area contributed by atoms with Gasteiger partial charge in [0, 0.05) is 37.1 Å². The molecule has 1 aromatic carbocycles. The van der Waals surface area contributed by atoms with Gasteiger partial charge in [0.25, 0.3) is 5.91 Å². The number of amides is 1. The number of pyridine rings is 1. The molecule has 1 atom stereocenters. The summed E-state index contributed by atoms with van der Waals surface area (Å²) in [5.74, 6) is -0.256. The Hall–Kier alpha value is -3.49. The van der Waals surface area contributed by atoms with Crippen LogP contribution in [0.5, 0.6) is 5.75 Å². The van der Waals surface area contributed by atoms with Crippen LogP contribution in [-0.4, -0.2) is 31.3 Å². The normalized spacial score (nSPS) is 12.3. The molecule has 0 spiro atoms. The van der Waals surface area contributed by atoms with Crippen LogP contribution in [0.25, 0.3) is 5.69 Å². The number of hydrogen-bond donors (Lipinski definition) is 1. The van der Waals surface area contributed by atoms with E-state index in [4.69, 9.17) is 4.74 Å². The Morgan fingerprint density at radius 3 is 2.39 bits per heavy atom. The summed E-state index contributed by atoms with van der Waals surface area (Å²) in [5.41, 5.74) is -0.0117. The van der Waals surface area contributed by atoms with Crippen molar-refractivity contribution in [3.63, 3.8) is 0 Å². The van der Waals surface area contributed by atoms with E-state index < -0.39 is 17.4 Å². The van der Waals surface area contributed by atoms with Crippen molar-refractivity contribution in [2.45, 2.75) is 53.1 Å². The summed E-state index contributed by atoms with van der Waals surface area (Å²) < 4.78 is 23.7. The van der Waals surface area contributed by atoms with Crippen molar-refractivity contribution in [2.24, 2.45) is 13.0 Å². The average Bonchev–Trinajstić information content (AvgIpc) is 3.04. The standard InChI is InChI=1S/C24H30FN5O3/c1-14(2)11-16(5)33-21-13-20(30-24(32)29(6)22(28-30)15(3)4)19(25)12-18(21)23(31)27-17-7-9-26-10-8-17/h7-10,12-16H,11H2,1-6H3,(H,26,27,31). The van der Waals surface area contributed by atoms with Gasteiger partial charge in [-0.25, -0.2) is 9.18 Å². The quantitative estimate of drug-likeness (QED) is 0.547. The van der Waals surface area contributed by atoms with E-state index in [2.05, 4.69) is 29.2 Å². The van der Waals surface area contributed by atoms with Crippen molar-refractivity contribution < 1.29 is 13.9 Å². The van der Waals surface area contributed by atoms with Gasteiger partial charge < -0.3 is 10.1 Å². The zero-order valence-electron chi connectivity index (χ0n) is 19.8. The lowest BCUT2D eigenvalue weighted by Crippen LogP contribution is -2.24. The zero-order chi connectivity index (χ0) is 24.3. The first-order chi connectivity index (χ1) is 15.6. The van der Waals surface area contributed by atoms with Crippen molar-refractivity contribution in [2.75, 3.05) is 5.32 Å². The van der Waals surface area contributed by atoms with E-state index in [-0.39, 0.29) is 29.0 Å². The number of ether oxygens (including phenoxy) is 1. The van der Waals surface area contributed by atoms with Crippen molar-refractivity contribution in [1.29, 1.82) is 0 Å². The molecule has 33 heavy (non-hydrogen) atoms. The van der Waals surface area contributed by atoms with Gasteiger partial charge >= 0.3 is 5.69 Å². The summed E-state index contributed by atoms with van der Waals surface area (Å²) in [6, 6.07) is 5.71. The van der Waals surface area contributed by atoms with Crippen LogP contribution < -0.4 is 15.7 Å². The Morgan fingerprint density at radius 1 is 1.15 bits per heavy atom. The molecule has 3 aromatic rings.